The maximum Gasteiger partial charge on any atom is 0.133 e. The molecule has 0 saturated heterocycles. The number of hydrogen-bond acceptors (Lipinski definition) is 3. The van der Waals surface area contributed by atoms with E-state index in [4.69, 9.17) is 5.11 Å². The Morgan fingerprint density at radius 3 is 2.79 bits per heavy atom. The van der Waals surface area contributed by atoms with Gasteiger partial charge in [-0.2, -0.15) is 5.10 Å². The van der Waals surface area contributed by atoms with Gasteiger partial charge in [0.25, 0.3) is 0 Å². The van der Waals surface area contributed by atoms with Gasteiger partial charge in [-0.3, -0.25) is 9.67 Å². The molecule has 0 spiro atoms. The van der Waals surface area contributed by atoms with Crippen LogP contribution >= 0.6 is 0 Å². The fraction of sp³-hybridized carbons (Fsp3) is 0.200. The van der Waals surface area contributed by atoms with Crippen molar-refractivity contribution >= 4 is 0 Å². The van der Waals surface area contributed by atoms with Crippen LogP contribution in [0.3, 0.4) is 0 Å². The monoisotopic (exact) mass is 189 g/mol. The van der Waals surface area contributed by atoms with E-state index in [2.05, 4.69) is 10.1 Å². The molecule has 2 heterocycles. The van der Waals surface area contributed by atoms with E-state index < -0.39 is 0 Å². The number of hydrogen-bond donors (Lipinski definition) is 1. The first kappa shape index (κ1) is 8.74. The van der Waals surface area contributed by atoms with Crippen molar-refractivity contribution in [1.29, 1.82) is 0 Å². The largest absolute Gasteiger partial charge is 0.506 e. The molecule has 0 fully saturated rings. The van der Waals surface area contributed by atoms with Gasteiger partial charge in [-0.25, -0.2) is 0 Å². The van der Waals surface area contributed by atoms with Gasteiger partial charge >= 0.3 is 0 Å². The molecule has 4 nitrogen and oxygen atoms in total. The summed E-state index contributed by atoms with van der Waals surface area (Å²) in [7, 11) is 0. The zero-order valence-corrected chi connectivity index (χ0v) is 7.88. The summed E-state index contributed by atoms with van der Waals surface area (Å²) in [4.78, 5) is 4.09. The average molecular weight is 189 g/mol. The standard InChI is InChI=1S/C10H11N3O/c1-2-13-7-8(5-12-13)10-4-3-9(14)6-11-10/h3-7,14H,2H2,1H3. The maximum absolute atomic E-state index is 9.07. The van der Waals surface area contributed by atoms with Crippen LogP contribution in [0.4, 0.5) is 0 Å². The molecular formula is C10H11N3O. The minimum atomic E-state index is 0.177. The van der Waals surface area contributed by atoms with E-state index in [1.165, 1.54) is 6.20 Å². The predicted molar refractivity (Wildman–Crippen MR) is 52.8 cm³/mol. The van der Waals surface area contributed by atoms with E-state index in [0.29, 0.717) is 0 Å². The van der Waals surface area contributed by atoms with Gasteiger partial charge in [0.2, 0.25) is 0 Å². The number of rotatable bonds is 2. The number of pyridine rings is 1. The molecule has 2 aromatic heterocycles. The molecule has 0 unspecified atom stereocenters. The first-order chi connectivity index (χ1) is 6.79. The van der Waals surface area contributed by atoms with Crippen molar-refractivity contribution in [2.45, 2.75) is 13.5 Å². The van der Waals surface area contributed by atoms with Crippen LogP contribution in [0.15, 0.2) is 30.7 Å². The molecule has 0 aliphatic heterocycles. The van der Waals surface area contributed by atoms with Crippen LogP contribution in [0.5, 0.6) is 5.75 Å². The maximum atomic E-state index is 9.07. The Balaban J connectivity index is 2.34. The molecule has 2 rings (SSSR count). The fourth-order valence-electron chi connectivity index (χ4n) is 1.23. The molecule has 0 saturated carbocycles. The lowest BCUT2D eigenvalue weighted by Gasteiger charge is -1.95. The molecule has 0 bridgehead atoms. The summed E-state index contributed by atoms with van der Waals surface area (Å²) in [6.45, 7) is 2.87. The van der Waals surface area contributed by atoms with E-state index in [0.717, 1.165) is 17.8 Å². The molecule has 0 radical (unpaired) electrons. The summed E-state index contributed by atoms with van der Waals surface area (Å²) in [6.07, 6.45) is 5.13. The summed E-state index contributed by atoms with van der Waals surface area (Å²) in [5.74, 6) is 0.177. The van der Waals surface area contributed by atoms with Crippen molar-refractivity contribution in [2.75, 3.05) is 0 Å². The first-order valence-electron chi connectivity index (χ1n) is 4.47. The highest BCUT2D eigenvalue weighted by molar-refractivity contribution is 5.57. The fourth-order valence-corrected chi connectivity index (χ4v) is 1.23. The first-order valence-corrected chi connectivity index (χ1v) is 4.47. The van der Waals surface area contributed by atoms with Crippen molar-refractivity contribution in [3.63, 3.8) is 0 Å². The Morgan fingerprint density at radius 1 is 1.36 bits per heavy atom. The van der Waals surface area contributed by atoms with Gasteiger partial charge in [-0.05, 0) is 19.1 Å². The van der Waals surface area contributed by atoms with Crippen LogP contribution in [0.1, 0.15) is 6.92 Å². The molecule has 0 atom stereocenters. The van der Waals surface area contributed by atoms with E-state index in [1.54, 1.807) is 18.3 Å². The number of aromatic hydroxyl groups is 1. The van der Waals surface area contributed by atoms with Gasteiger partial charge in [-0.15, -0.1) is 0 Å². The zero-order valence-electron chi connectivity index (χ0n) is 7.88. The normalized spacial score (nSPS) is 10.4. The lowest BCUT2D eigenvalue weighted by molar-refractivity contribution is 0.473. The zero-order chi connectivity index (χ0) is 9.97. The highest BCUT2D eigenvalue weighted by Gasteiger charge is 2.01. The smallest absolute Gasteiger partial charge is 0.133 e. The van der Waals surface area contributed by atoms with Crippen molar-refractivity contribution in [2.24, 2.45) is 0 Å². The number of aryl methyl sites for hydroxylation is 1. The highest BCUT2D eigenvalue weighted by Crippen LogP contribution is 2.17. The number of aromatic nitrogens is 3. The molecule has 0 aliphatic carbocycles. The highest BCUT2D eigenvalue weighted by atomic mass is 16.3. The average Bonchev–Trinajstić information content (AvgIpc) is 2.67. The SMILES string of the molecule is CCn1cc(-c2ccc(O)cn2)cn1. The van der Waals surface area contributed by atoms with Crippen LogP contribution in [-0.2, 0) is 6.54 Å². The molecule has 0 aromatic carbocycles. The molecule has 2 aromatic rings. The molecule has 14 heavy (non-hydrogen) atoms. The van der Waals surface area contributed by atoms with E-state index in [9.17, 15) is 0 Å². The van der Waals surface area contributed by atoms with Gasteiger partial charge < -0.3 is 5.11 Å². The molecule has 4 heteroatoms. The second-order valence-electron chi connectivity index (χ2n) is 2.99. The number of nitrogens with zero attached hydrogens (tertiary/aromatic N) is 3. The quantitative estimate of drug-likeness (QED) is 0.781. The van der Waals surface area contributed by atoms with E-state index >= 15 is 0 Å². The summed E-state index contributed by atoms with van der Waals surface area (Å²) in [5, 5.41) is 13.2. The van der Waals surface area contributed by atoms with Crippen molar-refractivity contribution in [3.05, 3.63) is 30.7 Å². The Bertz CT molecular complexity index is 419. The van der Waals surface area contributed by atoms with Gasteiger partial charge in [0.05, 0.1) is 18.1 Å². The predicted octanol–water partition coefficient (Wildman–Crippen LogP) is 1.67. The van der Waals surface area contributed by atoms with Crippen molar-refractivity contribution in [1.82, 2.24) is 14.8 Å². The summed E-state index contributed by atoms with van der Waals surface area (Å²) in [5.41, 5.74) is 1.79. The topological polar surface area (TPSA) is 50.9 Å². The lowest BCUT2D eigenvalue weighted by atomic mass is 10.2. The Labute approximate surface area is 81.8 Å². The second kappa shape index (κ2) is 3.49. The van der Waals surface area contributed by atoms with Crippen LogP contribution < -0.4 is 0 Å². The third kappa shape index (κ3) is 1.59. The van der Waals surface area contributed by atoms with E-state index in [-0.39, 0.29) is 5.75 Å². The third-order valence-electron chi connectivity index (χ3n) is 2.00. The third-order valence-corrected chi connectivity index (χ3v) is 2.00. The van der Waals surface area contributed by atoms with Crippen LogP contribution in [0.2, 0.25) is 0 Å². The minimum Gasteiger partial charge on any atom is -0.506 e. The Kier molecular flexibility index (Phi) is 2.18. The Morgan fingerprint density at radius 2 is 2.21 bits per heavy atom. The summed E-state index contributed by atoms with van der Waals surface area (Å²) >= 11 is 0. The van der Waals surface area contributed by atoms with Gasteiger partial charge in [0, 0.05) is 18.3 Å². The Hall–Kier alpha value is -1.84. The van der Waals surface area contributed by atoms with Crippen molar-refractivity contribution in [3.8, 4) is 17.0 Å². The minimum absolute atomic E-state index is 0.177. The second-order valence-corrected chi connectivity index (χ2v) is 2.99. The van der Waals surface area contributed by atoms with Gasteiger partial charge in [0.15, 0.2) is 0 Å². The van der Waals surface area contributed by atoms with E-state index in [1.807, 2.05) is 17.8 Å². The van der Waals surface area contributed by atoms with Crippen LogP contribution in [0, 0.1) is 0 Å². The lowest BCUT2D eigenvalue weighted by Crippen LogP contribution is -1.92. The molecule has 0 amide bonds. The molecule has 1 N–H and O–H groups in total. The van der Waals surface area contributed by atoms with Gasteiger partial charge in [0.1, 0.15) is 5.75 Å². The molecule has 0 aliphatic rings. The van der Waals surface area contributed by atoms with Crippen LogP contribution in [0.25, 0.3) is 11.3 Å². The van der Waals surface area contributed by atoms with Crippen LogP contribution in [-0.4, -0.2) is 19.9 Å². The summed E-state index contributed by atoms with van der Waals surface area (Å²) in [6, 6.07) is 3.39. The molecular weight excluding hydrogens is 178 g/mol. The molecule has 72 valence electrons. The van der Waals surface area contributed by atoms with Crippen molar-refractivity contribution < 1.29 is 5.11 Å². The summed E-state index contributed by atoms with van der Waals surface area (Å²) < 4.78 is 1.84. The van der Waals surface area contributed by atoms with Gasteiger partial charge in [-0.1, -0.05) is 0 Å².